The molecule has 0 N–H and O–H groups in total. The fourth-order valence-electron chi connectivity index (χ4n) is 5.41. The summed E-state index contributed by atoms with van der Waals surface area (Å²) < 4.78 is 11.1. The summed E-state index contributed by atoms with van der Waals surface area (Å²) in [6.07, 6.45) is 5.12. The zero-order valence-electron chi connectivity index (χ0n) is 17.4. The van der Waals surface area contributed by atoms with Crippen LogP contribution in [0.1, 0.15) is 75.3 Å². The van der Waals surface area contributed by atoms with Gasteiger partial charge < -0.3 is 9.47 Å². The molecule has 2 aliphatic heterocycles. The van der Waals surface area contributed by atoms with Crippen LogP contribution in [-0.2, 0) is 35.1 Å². The molecule has 2 heterocycles. The standard InChI is InChI=1S/C24H28O6/c1-15-23(20(26)13-21(27)29-15)17-8-6-16(7-9-17)10-11-24(18-4-2-3-5-18)14-19(25)12-22(28)30-24/h6-9,15,18,23H,2-5,10-14H2,1H3. The molecule has 1 saturated carbocycles. The molecule has 3 unspecified atom stereocenters. The third-order valence-electron chi connectivity index (χ3n) is 6.88. The van der Waals surface area contributed by atoms with Gasteiger partial charge in [0.2, 0.25) is 0 Å². The zero-order chi connectivity index (χ0) is 21.3. The molecular weight excluding hydrogens is 384 g/mol. The number of aryl methyl sites for hydroxylation is 1. The van der Waals surface area contributed by atoms with E-state index in [1.807, 2.05) is 24.3 Å². The van der Waals surface area contributed by atoms with Crippen LogP contribution in [0.15, 0.2) is 24.3 Å². The van der Waals surface area contributed by atoms with Crippen molar-refractivity contribution in [1.29, 1.82) is 0 Å². The van der Waals surface area contributed by atoms with Crippen LogP contribution in [-0.4, -0.2) is 35.2 Å². The monoisotopic (exact) mass is 412 g/mol. The van der Waals surface area contributed by atoms with E-state index in [4.69, 9.17) is 9.47 Å². The van der Waals surface area contributed by atoms with E-state index in [9.17, 15) is 19.2 Å². The van der Waals surface area contributed by atoms with Crippen LogP contribution >= 0.6 is 0 Å². The van der Waals surface area contributed by atoms with E-state index < -0.39 is 29.6 Å². The largest absolute Gasteiger partial charge is 0.461 e. The number of cyclic esters (lactones) is 2. The van der Waals surface area contributed by atoms with Crippen molar-refractivity contribution in [2.45, 2.75) is 82.3 Å². The van der Waals surface area contributed by atoms with Gasteiger partial charge in [-0.25, -0.2) is 0 Å². The first kappa shape index (κ1) is 20.8. The maximum atomic E-state index is 12.3. The molecule has 0 radical (unpaired) electrons. The van der Waals surface area contributed by atoms with Gasteiger partial charge in [-0.1, -0.05) is 37.1 Å². The maximum Gasteiger partial charge on any atom is 0.313 e. The van der Waals surface area contributed by atoms with Crippen molar-refractivity contribution in [2.24, 2.45) is 5.92 Å². The van der Waals surface area contributed by atoms with Crippen molar-refractivity contribution in [1.82, 2.24) is 0 Å². The average molecular weight is 412 g/mol. The second-order valence-electron chi connectivity index (χ2n) is 8.97. The van der Waals surface area contributed by atoms with E-state index >= 15 is 0 Å². The summed E-state index contributed by atoms with van der Waals surface area (Å²) in [6.45, 7) is 1.74. The van der Waals surface area contributed by atoms with Crippen LogP contribution < -0.4 is 0 Å². The number of Topliss-reactive ketones (excluding diaryl/α,β-unsaturated/α-hetero) is 2. The number of benzene rings is 1. The third kappa shape index (κ3) is 4.18. The van der Waals surface area contributed by atoms with Crippen LogP contribution in [0.3, 0.4) is 0 Å². The van der Waals surface area contributed by atoms with Crippen LogP contribution in [0.2, 0.25) is 0 Å². The fraction of sp³-hybridized carbons (Fsp3) is 0.583. The quantitative estimate of drug-likeness (QED) is 0.544. The summed E-state index contributed by atoms with van der Waals surface area (Å²) in [7, 11) is 0. The van der Waals surface area contributed by atoms with E-state index in [2.05, 4.69) is 0 Å². The number of esters is 2. The first-order chi connectivity index (χ1) is 14.4. The van der Waals surface area contributed by atoms with Crippen molar-refractivity contribution in [2.75, 3.05) is 0 Å². The number of rotatable bonds is 5. The van der Waals surface area contributed by atoms with Gasteiger partial charge in [0.1, 0.15) is 30.3 Å². The third-order valence-corrected chi connectivity index (χ3v) is 6.88. The zero-order valence-corrected chi connectivity index (χ0v) is 17.4. The Morgan fingerprint density at radius 3 is 2.30 bits per heavy atom. The van der Waals surface area contributed by atoms with Crippen molar-refractivity contribution >= 4 is 23.5 Å². The molecule has 1 aliphatic carbocycles. The normalized spacial score (nSPS) is 30.3. The maximum absolute atomic E-state index is 12.3. The highest BCUT2D eigenvalue weighted by atomic mass is 16.6. The molecule has 0 amide bonds. The highest BCUT2D eigenvalue weighted by molar-refractivity contribution is 6.01. The Labute approximate surface area is 176 Å². The lowest BCUT2D eigenvalue weighted by Crippen LogP contribution is -2.48. The number of carbonyl (C=O) groups is 4. The summed E-state index contributed by atoms with van der Waals surface area (Å²) in [5, 5.41) is 0. The molecule has 6 heteroatoms. The Morgan fingerprint density at radius 1 is 0.967 bits per heavy atom. The molecule has 0 bridgehead atoms. The van der Waals surface area contributed by atoms with E-state index in [0.29, 0.717) is 19.3 Å². The smallest absolute Gasteiger partial charge is 0.313 e. The van der Waals surface area contributed by atoms with E-state index in [-0.39, 0.29) is 30.3 Å². The summed E-state index contributed by atoms with van der Waals surface area (Å²) >= 11 is 0. The summed E-state index contributed by atoms with van der Waals surface area (Å²) in [6, 6.07) is 7.77. The van der Waals surface area contributed by atoms with Crippen LogP contribution in [0.5, 0.6) is 0 Å². The lowest BCUT2D eigenvalue weighted by Gasteiger charge is -2.41. The molecular formula is C24H28O6. The number of ketones is 2. The van der Waals surface area contributed by atoms with Crippen LogP contribution in [0.4, 0.5) is 0 Å². The first-order valence-electron chi connectivity index (χ1n) is 10.9. The molecule has 1 aromatic carbocycles. The van der Waals surface area contributed by atoms with Gasteiger partial charge in [-0.2, -0.15) is 0 Å². The second-order valence-corrected chi connectivity index (χ2v) is 8.97. The van der Waals surface area contributed by atoms with Gasteiger partial charge in [0, 0.05) is 6.42 Å². The number of hydrogen-bond donors (Lipinski definition) is 0. The molecule has 3 atom stereocenters. The predicted molar refractivity (Wildman–Crippen MR) is 108 cm³/mol. The molecule has 3 aliphatic rings. The SMILES string of the molecule is CC1OC(=O)CC(=O)C1c1ccc(CCC2(C3CCCC3)CC(=O)CC(=O)O2)cc1. The summed E-state index contributed by atoms with van der Waals surface area (Å²) in [5.41, 5.74) is 1.23. The van der Waals surface area contributed by atoms with Gasteiger partial charge in [0.15, 0.2) is 5.78 Å². The molecule has 2 saturated heterocycles. The molecule has 6 nitrogen and oxygen atoms in total. The van der Waals surface area contributed by atoms with E-state index in [1.165, 1.54) is 0 Å². The van der Waals surface area contributed by atoms with E-state index in [1.54, 1.807) is 6.92 Å². The van der Waals surface area contributed by atoms with Crippen molar-refractivity contribution < 1.29 is 28.7 Å². The Morgan fingerprint density at radius 2 is 1.67 bits per heavy atom. The lowest BCUT2D eigenvalue weighted by atomic mass is 9.76. The minimum Gasteiger partial charge on any atom is -0.461 e. The highest BCUT2D eigenvalue weighted by Gasteiger charge is 2.47. The molecule has 0 spiro atoms. The van der Waals surface area contributed by atoms with Crippen molar-refractivity contribution in [3.8, 4) is 0 Å². The minimum atomic E-state index is -0.677. The summed E-state index contributed by atoms with van der Waals surface area (Å²) in [4.78, 5) is 48.0. The minimum absolute atomic E-state index is 0.0205. The summed E-state index contributed by atoms with van der Waals surface area (Å²) in [5.74, 6) is -1.17. The molecule has 30 heavy (non-hydrogen) atoms. The van der Waals surface area contributed by atoms with Gasteiger partial charge in [0.05, 0.1) is 5.92 Å². The average Bonchev–Trinajstić information content (AvgIpc) is 3.21. The van der Waals surface area contributed by atoms with Crippen LogP contribution in [0, 0.1) is 5.92 Å². The number of carbonyl (C=O) groups excluding carboxylic acids is 4. The van der Waals surface area contributed by atoms with Crippen molar-refractivity contribution in [3.63, 3.8) is 0 Å². The topological polar surface area (TPSA) is 86.7 Å². The van der Waals surface area contributed by atoms with Gasteiger partial charge in [0.25, 0.3) is 0 Å². The Balaban J connectivity index is 1.47. The number of hydrogen-bond acceptors (Lipinski definition) is 6. The van der Waals surface area contributed by atoms with E-state index in [0.717, 1.165) is 36.8 Å². The fourth-order valence-corrected chi connectivity index (χ4v) is 5.41. The first-order valence-corrected chi connectivity index (χ1v) is 10.9. The molecule has 0 aromatic heterocycles. The molecule has 3 fully saturated rings. The molecule has 1 aromatic rings. The Kier molecular flexibility index (Phi) is 5.76. The van der Waals surface area contributed by atoms with Gasteiger partial charge in [-0.15, -0.1) is 0 Å². The number of ether oxygens (including phenoxy) is 2. The molecule has 4 rings (SSSR count). The predicted octanol–water partition coefficient (Wildman–Crippen LogP) is 3.44. The Hall–Kier alpha value is -2.50. The second kappa shape index (κ2) is 8.32. The molecule has 160 valence electrons. The Bertz CT molecular complexity index is 833. The van der Waals surface area contributed by atoms with Crippen molar-refractivity contribution in [3.05, 3.63) is 35.4 Å². The van der Waals surface area contributed by atoms with Gasteiger partial charge >= 0.3 is 11.9 Å². The highest BCUT2D eigenvalue weighted by Crippen LogP contribution is 2.44. The van der Waals surface area contributed by atoms with Crippen LogP contribution in [0.25, 0.3) is 0 Å². The van der Waals surface area contributed by atoms with Gasteiger partial charge in [-0.3, -0.25) is 19.2 Å². The lowest BCUT2D eigenvalue weighted by molar-refractivity contribution is -0.178. The van der Waals surface area contributed by atoms with Gasteiger partial charge in [-0.05, 0) is 49.7 Å².